The summed E-state index contributed by atoms with van der Waals surface area (Å²) < 4.78 is 1.10. The zero-order valence-corrected chi connectivity index (χ0v) is 12.6. The van der Waals surface area contributed by atoms with Crippen LogP contribution in [0, 0.1) is 5.92 Å². The first-order valence-electron chi connectivity index (χ1n) is 6.87. The lowest BCUT2D eigenvalue weighted by molar-refractivity contribution is 0.382. The summed E-state index contributed by atoms with van der Waals surface area (Å²) in [7, 11) is 0. The molecule has 1 aromatic heterocycles. The molecule has 0 amide bonds. The molecule has 2 heterocycles. The molecule has 0 aromatic carbocycles. The number of hydrogen-bond acceptors (Lipinski definition) is 3. The Morgan fingerprint density at radius 1 is 1.44 bits per heavy atom. The van der Waals surface area contributed by atoms with Crippen molar-refractivity contribution in [1.82, 2.24) is 10.3 Å². The predicted molar refractivity (Wildman–Crippen MR) is 80.0 cm³/mol. The molecule has 0 spiro atoms. The highest BCUT2D eigenvalue weighted by molar-refractivity contribution is 9.10. The van der Waals surface area contributed by atoms with Gasteiger partial charge >= 0.3 is 0 Å². The van der Waals surface area contributed by atoms with Crippen molar-refractivity contribution in [2.24, 2.45) is 5.92 Å². The van der Waals surface area contributed by atoms with Gasteiger partial charge in [0.15, 0.2) is 0 Å². The monoisotopic (exact) mass is 311 g/mol. The maximum absolute atomic E-state index is 4.47. The van der Waals surface area contributed by atoms with Gasteiger partial charge in [-0.3, -0.25) is 0 Å². The minimum atomic E-state index is 0.829. The van der Waals surface area contributed by atoms with Crippen molar-refractivity contribution in [2.75, 3.05) is 31.1 Å². The van der Waals surface area contributed by atoms with Crippen LogP contribution in [0.2, 0.25) is 0 Å². The summed E-state index contributed by atoms with van der Waals surface area (Å²) in [6, 6.07) is 4.03. The Kier molecular flexibility index (Phi) is 5.45. The molecule has 100 valence electrons. The van der Waals surface area contributed by atoms with Crippen molar-refractivity contribution < 1.29 is 0 Å². The van der Waals surface area contributed by atoms with Gasteiger partial charge in [0.1, 0.15) is 5.82 Å². The maximum atomic E-state index is 4.47. The van der Waals surface area contributed by atoms with E-state index in [1.807, 2.05) is 12.3 Å². The lowest BCUT2D eigenvalue weighted by atomic mass is 9.97. The number of nitrogens with one attached hydrogen (secondary N) is 1. The molecule has 2 rings (SSSR count). The molecule has 0 aliphatic carbocycles. The maximum Gasteiger partial charge on any atom is 0.142 e. The number of nitrogens with zero attached hydrogens (tertiary/aromatic N) is 2. The number of hydrogen-bond donors (Lipinski definition) is 1. The first-order chi connectivity index (χ1) is 8.81. The van der Waals surface area contributed by atoms with Crippen molar-refractivity contribution in [3.63, 3.8) is 0 Å². The van der Waals surface area contributed by atoms with Gasteiger partial charge in [0.25, 0.3) is 0 Å². The quantitative estimate of drug-likeness (QED) is 0.847. The van der Waals surface area contributed by atoms with Gasteiger partial charge in [-0.05, 0) is 66.3 Å². The van der Waals surface area contributed by atoms with E-state index < -0.39 is 0 Å². The standard InChI is InChI=1S/C14H22BrN3/c1-2-7-16-11-12-5-9-18(10-6-12)14-13(15)4-3-8-17-14/h3-4,8,12,16H,2,5-7,9-11H2,1H3. The second-order valence-electron chi connectivity index (χ2n) is 4.94. The highest BCUT2D eigenvalue weighted by atomic mass is 79.9. The fourth-order valence-corrected chi connectivity index (χ4v) is 2.95. The highest BCUT2D eigenvalue weighted by Crippen LogP contribution is 2.27. The SMILES string of the molecule is CCCNCC1CCN(c2ncccc2Br)CC1. The minimum absolute atomic E-state index is 0.829. The first-order valence-corrected chi connectivity index (χ1v) is 7.66. The van der Waals surface area contributed by atoms with Gasteiger partial charge in [0.2, 0.25) is 0 Å². The van der Waals surface area contributed by atoms with Crippen LogP contribution in [0.15, 0.2) is 22.8 Å². The summed E-state index contributed by atoms with van der Waals surface area (Å²) in [5.41, 5.74) is 0. The Morgan fingerprint density at radius 3 is 2.89 bits per heavy atom. The molecule has 18 heavy (non-hydrogen) atoms. The number of piperidine rings is 1. The summed E-state index contributed by atoms with van der Waals surface area (Å²) in [4.78, 5) is 6.86. The molecule has 0 bridgehead atoms. The summed E-state index contributed by atoms with van der Waals surface area (Å²) in [5.74, 6) is 1.92. The minimum Gasteiger partial charge on any atom is -0.356 e. The fourth-order valence-electron chi connectivity index (χ4n) is 2.44. The Labute approximate surface area is 118 Å². The molecule has 1 aliphatic rings. The molecule has 1 N–H and O–H groups in total. The van der Waals surface area contributed by atoms with Gasteiger partial charge in [-0.2, -0.15) is 0 Å². The van der Waals surface area contributed by atoms with E-state index in [0.717, 1.165) is 35.8 Å². The zero-order chi connectivity index (χ0) is 12.8. The van der Waals surface area contributed by atoms with E-state index in [2.05, 4.69) is 44.1 Å². The largest absolute Gasteiger partial charge is 0.356 e. The third-order valence-corrected chi connectivity index (χ3v) is 4.13. The Balaban J connectivity index is 1.81. The van der Waals surface area contributed by atoms with Crippen molar-refractivity contribution in [3.05, 3.63) is 22.8 Å². The van der Waals surface area contributed by atoms with E-state index in [1.165, 1.54) is 25.8 Å². The topological polar surface area (TPSA) is 28.2 Å². The van der Waals surface area contributed by atoms with Gasteiger partial charge in [-0.15, -0.1) is 0 Å². The van der Waals surface area contributed by atoms with E-state index in [9.17, 15) is 0 Å². The molecule has 1 aromatic rings. The number of halogens is 1. The van der Waals surface area contributed by atoms with Crippen LogP contribution in [0.4, 0.5) is 5.82 Å². The summed E-state index contributed by atoms with van der Waals surface area (Å²) in [6.45, 7) is 6.77. The molecular weight excluding hydrogens is 290 g/mol. The molecule has 1 aliphatic heterocycles. The number of pyridine rings is 1. The number of anilines is 1. The van der Waals surface area contributed by atoms with Crippen molar-refractivity contribution >= 4 is 21.7 Å². The van der Waals surface area contributed by atoms with Crippen LogP contribution < -0.4 is 10.2 Å². The Morgan fingerprint density at radius 2 is 2.22 bits per heavy atom. The van der Waals surface area contributed by atoms with Crippen molar-refractivity contribution in [1.29, 1.82) is 0 Å². The molecule has 1 fully saturated rings. The summed E-state index contributed by atoms with van der Waals surface area (Å²) >= 11 is 3.58. The third-order valence-electron chi connectivity index (χ3n) is 3.51. The average molecular weight is 312 g/mol. The second-order valence-corrected chi connectivity index (χ2v) is 5.80. The predicted octanol–water partition coefficient (Wildman–Crippen LogP) is 3.06. The summed E-state index contributed by atoms with van der Waals surface area (Å²) in [6.07, 6.45) is 5.62. The van der Waals surface area contributed by atoms with Crippen LogP contribution in [0.1, 0.15) is 26.2 Å². The van der Waals surface area contributed by atoms with Gasteiger partial charge < -0.3 is 10.2 Å². The summed E-state index contributed by atoms with van der Waals surface area (Å²) in [5, 5.41) is 3.53. The molecule has 0 saturated carbocycles. The molecule has 0 atom stereocenters. The first kappa shape index (κ1) is 13.8. The Bertz CT molecular complexity index is 362. The van der Waals surface area contributed by atoms with Crippen LogP contribution in [0.5, 0.6) is 0 Å². The smallest absolute Gasteiger partial charge is 0.142 e. The fraction of sp³-hybridized carbons (Fsp3) is 0.643. The molecule has 0 unspecified atom stereocenters. The van der Waals surface area contributed by atoms with E-state index in [-0.39, 0.29) is 0 Å². The lowest BCUT2D eigenvalue weighted by Crippen LogP contribution is -2.38. The second kappa shape index (κ2) is 7.10. The van der Waals surface area contributed by atoms with Crippen LogP contribution in [-0.2, 0) is 0 Å². The normalized spacial score (nSPS) is 17.1. The molecule has 3 nitrogen and oxygen atoms in total. The van der Waals surface area contributed by atoms with E-state index in [0.29, 0.717) is 0 Å². The van der Waals surface area contributed by atoms with E-state index in [4.69, 9.17) is 0 Å². The zero-order valence-electron chi connectivity index (χ0n) is 11.0. The highest BCUT2D eigenvalue weighted by Gasteiger charge is 2.20. The van der Waals surface area contributed by atoms with Crippen LogP contribution in [0.25, 0.3) is 0 Å². The number of rotatable bonds is 5. The van der Waals surface area contributed by atoms with Crippen molar-refractivity contribution in [2.45, 2.75) is 26.2 Å². The van der Waals surface area contributed by atoms with Crippen LogP contribution >= 0.6 is 15.9 Å². The molecule has 0 radical (unpaired) electrons. The molecule has 1 saturated heterocycles. The van der Waals surface area contributed by atoms with Gasteiger partial charge in [0.05, 0.1) is 4.47 Å². The number of aromatic nitrogens is 1. The molecular formula is C14H22BrN3. The van der Waals surface area contributed by atoms with Gasteiger partial charge in [0, 0.05) is 19.3 Å². The Hall–Kier alpha value is -0.610. The van der Waals surface area contributed by atoms with E-state index >= 15 is 0 Å². The van der Waals surface area contributed by atoms with Crippen LogP contribution in [-0.4, -0.2) is 31.2 Å². The van der Waals surface area contributed by atoms with Gasteiger partial charge in [-0.1, -0.05) is 6.92 Å². The van der Waals surface area contributed by atoms with Gasteiger partial charge in [-0.25, -0.2) is 4.98 Å². The third kappa shape index (κ3) is 3.69. The lowest BCUT2D eigenvalue weighted by Gasteiger charge is -2.33. The van der Waals surface area contributed by atoms with Crippen LogP contribution in [0.3, 0.4) is 0 Å². The van der Waals surface area contributed by atoms with Crippen molar-refractivity contribution in [3.8, 4) is 0 Å². The molecule has 4 heteroatoms. The van der Waals surface area contributed by atoms with E-state index in [1.54, 1.807) is 0 Å². The average Bonchev–Trinajstić information content (AvgIpc) is 2.41.